The van der Waals surface area contributed by atoms with E-state index < -0.39 is 0 Å². The third-order valence-electron chi connectivity index (χ3n) is 3.60. The minimum atomic E-state index is 0.443. The van der Waals surface area contributed by atoms with E-state index in [9.17, 15) is 4.79 Å². The van der Waals surface area contributed by atoms with Gasteiger partial charge in [0, 0.05) is 17.3 Å². The molecule has 1 heterocycles. The minimum absolute atomic E-state index is 0.443. The molecule has 0 N–H and O–H groups in total. The van der Waals surface area contributed by atoms with Crippen molar-refractivity contribution in [3.63, 3.8) is 0 Å². The Morgan fingerprint density at radius 3 is 2.50 bits per heavy atom. The predicted molar refractivity (Wildman–Crippen MR) is 92.4 cm³/mol. The molecule has 0 spiro atoms. The second-order valence-electron chi connectivity index (χ2n) is 5.30. The number of hydrogen-bond donors (Lipinski definition) is 0. The molecule has 0 unspecified atom stereocenters. The van der Waals surface area contributed by atoms with Gasteiger partial charge in [-0.25, -0.2) is 0 Å². The summed E-state index contributed by atoms with van der Waals surface area (Å²) in [6.45, 7) is 0.443. The first-order valence-electron chi connectivity index (χ1n) is 7.55. The van der Waals surface area contributed by atoms with E-state index in [-0.39, 0.29) is 0 Å². The Kier molecular flexibility index (Phi) is 4.87. The fourth-order valence-electron chi connectivity index (χ4n) is 2.37. The highest BCUT2D eigenvalue weighted by atomic mass is 16.5. The van der Waals surface area contributed by atoms with Crippen molar-refractivity contribution < 1.29 is 14.3 Å². The maximum absolute atomic E-state index is 11.2. The number of aromatic nitrogens is 1. The van der Waals surface area contributed by atoms with Crippen LogP contribution >= 0.6 is 0 Å². The second kappa shape index (κ2) is 7.42. The maximum atomic E-state index is 11.2. The summed E-state index contributed by atoms with van der Waals surface area (Å²) in [6.07, 6.45) is 4.18. The summed E-state index contributed by atoms with van der Waals surface area (Å²) in [5, 5.41) is 0. The van der Waals surface area contributed by atoms with Crippen LogP contribution in [0.2, 0.25) is 0 Å². The molecular formula is C20H17NO3. The zero-order chi connectivity index (χ0) is 16.8. The SMILES string of the molecule is COc1cncc(-c2cc(C=O)cc(OCc3ccccc3)c2)c1. The van der Waals surface area contributed by atoms with Crippen LogP contribution in [0.4, 0.5) is 0 Å². The number of aldehydes is 1. The molecule has 0 aliphatic carbocycles. The van der Waals surface area contributed by atoms with Gasteiger partial charge in [0.15, 0.2) is 0 Å². The third-order valence-corrected chi connectivity index (χ3v) is 3.60. The van der Waals surface area contributed by atoms with E-state index in [1.807, 2.05) is 42.5 Å². The second-order valence-corrected chi connectivity index (χ2v) is 5.30. The Labute approximate surface area is 140 Å². The summed E-state index contributed by atoms with van der Waals surface area (Å²) in [4.78, 5) is 15.4. The van der Waals surface area contributed by atoms with Gasteiger partial charge in [0.2, 0.25) is 0 Å². The van der Waals surface area contributed by atoms with Crippen molar-refractivity contribution in [1.82, 2.24) is 4.98 Å². The van der Waals surface area contributed by atoms with Gasteiger partial charge in [-0.1, -0.05) is 30.3 Å². The first-order chi connectivity index (χ1) is 11.8. The highest BCUT2D eigenvalue weighted by molar-refractivity contribution is 5.80. The molecule has 3 rings (SSSR count). The number of benzene rings is 2. The smallest absolute Gasteiger partial charge is 0.150 e. The summed E-state index contributed by atoms with van der Waals surface area (Å²) < 4.78 is 11.0. The lowest BCUT2D eigenvalue weighted by atomic mass is 10.0. The van der Waals surface area contributed by atoms with Crippen molar-refractivity contribution in [2.75, 3.05) is 7.11 Å². The Balaban J connectivity index is 1.88. The number of pyridine rings is 1. The van der Waals surface area contributed by atoms with Crippen LogP contribution in [0.15, 0.2) is 67.0 Å². The van der Waals surface area contributed by atoms with Gasteiger partial charge >= 0.3 is 0 Å². The molecule has 4 heteroatoms. The number of methoxy groups -OCH3 is 1. The van der Waals surface area contributed by atoms with Crippen molar-refractivity contribution in [3.05, 3.63) is 78.1 Å². The highest BCUT2D eigenvalue weighted by Crippen LogP contribution is 2.28. The number of nitrogens with zero attached hydrogens (tertiary/aromatic N) is 1. The summed E-state index contributed by atoms with van der Waals surface area (Å²) in [6, 6.07) is 17.2. The lowest BCUT2D eigenvalue weighted by Gasteiger charge is -2.10. The Hall–Kier alpha value is -3.14. The molecule has 0 aliphatic heterocycles. The molecule has 3 aromatic rings. The first kappa shape index (κ1) is 15.7. The summed E-state index contributed by atoms with van der Waals surface area (Å²) in [5.41, 5.74) is 3.34. The molecule has 0 bridgehead atoms. The monoisotopic (exact) mass is 319 g/mol. The van der Waals surface area contributed by atoms with Gasteiger partial charge in [0.25, 0.3) is 0 Å². The van der Waals surface area contributed by atoms with Gasteiger partial charge in [-0.05, 0) is 35.4 Å². The summed E-state index contributed by atoms with van der Waals surface area (Å²) in [5.74, 6) is 1.30. The standard InChI is InChI=1S/C20H17NO3/c1-23-20-10-18(11-21-12-20)17-7-16(13-22)8-19(9-17)24-14-15-5-3-2-4-6-15/h2-13H,14H2,1H3. The lowest BCUT2D eigenvalue weighted by molar-refractivity contribution is 0.112. The molecule has 4 nitrogen and oxygen atoms in total. The highest BCUT2D eigenvalue weighted by Gasteiger charge is 2.06. The zero-order valence-electron chi connectivity index (χ0n) is 13.3. The summed E-state index contributed by atoms with van der Waals surface area (Å²) >= 11 is 0. The number of carbonyl (C=O) groups is 1. The molecule has 0 radical (unpaired) electrons. The number of rotatable bonds is 6. The number of carbonyl (C=O) groups excluding carboxylic acids is 1. The fourth-order valence-corrected chi connectivity index (χ4v) is 2.37. The van der Waals surface area contributed by atoms with Crippen molar-refractivity contribution >= 4 is 6.29 Å². The van der Waals surface area contributed by atoms with Crippen LogP contribution in [-0.2, 0) is 6.61 Å². The van der Waals surface area contributed by atoms with Gasteiger partial charge in [-0.3, -0.25) is 9.78 Å². The Bertz CT molecular complexity index is 831. The molecule has 0 fully saturated rings. The van der Waals surface area contributed by atoms with E-state index in [2.05, 4.69) is 4.98 Å². The van der Waals surface area contributed by atoms with E-state index in [0.29, 0.717) is 23.7 Å². The molecule has 0 saturated carbocycles. The number of hydrogen-bond acceptors (Lipinski definition) is 4. The fraction of sp³-hybridized carbons (Fsp3) is 0.100. The van der Waals surface area contributed by atoms with Gasteiger partial charge in [0.05, 0.1) is 13.3 Å². The van der Waals surface area contributed by atoms with Crippen molar-refractivity contribution in [2.45, 2.75) is 6.61 Å². The van der Waals surface area contributed by atoms with Crippen LogP contribution in [0.25, 0.3) is 11.1 Å². The molecule has 120 valence electrons. The van der Waals surface area contributed by atoms with E-state index in [1.165, 1.54) is 0 Å². The van der Waals surface area contributed by atoms with Crippen LogP contribution in [0.1, 0.15) is 15.9 Å². The normalized spacial score (nSPS) is 10.2. The van der Waals surface area contributed by atoms with Crippen LogP contribution in [0.5, 0.6) is 11.5 Å². The van der Waals surface area contributed by atoms with E-state index >= 15 is 0 Å². The van der Waals surface area contributed by atoms with Crippen molar-refractivity contribution in [2.24, 2.45) is 0 Å². The zero-order valence-corrected chi connectivity index (χ0v) is 13.3. The summed E-state index contributed by atoms with van der Waals surface area (Å²) in [7, 11) is 1.59. The van der Waals surface area contributed by atoms with Gasteiger partial charge in [-0.2, -0.15) is 0 Å². The molecule has 0 amide bonds. The molecular weight excluding hydrogens is 302 g/mol. The predicted octanol–water partition coefficient (Wildman–Crippen LogP) is 4.15. The molecule has 0 atom stereocenters. The van der Waals surface area contributed by atoms with Gasteiger partial charge < -0.3 is 9.47 Å². The number of ether oxygens (including phenoxy) is 2. The third kappa shape index (κ3) is 3.79. The topological polar surface area (TPSA) is 48.4 Å². The van der Waals surface area contributed by atoms with E-state index in [0.717, 1.165) is 23.0 Å². The van der Waals surface area contributed by atoms with Crippen molar-refractivity contribution in [3.8, 4) is 22.6 Å². The Morgan fingerprint density at radius 2 is 1.75 bits per heavy atom. The van der Waals surface area contributed by atoms with E-state index in [4.69, 9.17) is 9.47 Å². The average Bonchev–Trinajstić information content (AvgIpc) is 2.67. The average molecular weight is 319 g/mol. The first-order valence-corrected chi connectivity index (χ1v) is 7.55. The lowest BCUT2D eigenvalue weighted by Crippen LogP contribution is -1.96. The van der Waals surface area contributed by atoms with Gasteiger partial charge in [0.1, 0.15) is 24.4 Å². The minimum Gasteiger partial charge on any atom is -0.495 e. The molecule has 2 aromatic carbocycles. The van der Waals surface area contributed by atoms with Crippen LogP contribution < -0.4 is 9.47 Å². The Morgan fingerprint density at radius 1 is 0.958 bits per heavy atom. The molecule has 24 heavy (non-hydrogen) atoms. The van der Waals surface area contributed by atoms with Gasteiger partial charge in [-0.15, -0.1) is 0 Å². The van der Waals surface area contributed by atoms with Crippen LogP contribution in [-0.4, -0.2) is 18.4 Å². The quantitative estimate of drug-likeness (QED) is 0.640. The molecule has 0 aliphatic rings. The largest absolute Gasteiger partial charge is 0.495 e. The molecule has 0 saturated heterocycles. The van der Waals surface area contributed by atoms with Crippen LogP contribution in [0.3, 0.4) is 0 Å². The maximum Gasteiger partial charge on any atom is 0.150 e. The molecule has 1 aromatic heterocycles. The van der Waals surface area contributed by atoms with Crippen molar-refractivity contribution in [1.29, 1.82) is 0 Å². The van der Waals surface area contributed by atoms with E-state index in [1.54, 1.807) is 31.6 Å². The van der Waals surface area contributed by atoms with Crippen LogP contribution in [0, 0.1) is 0 Å².